The summed E-state index contributed by atoms with van der Waals surface area (Å²) < 4.78 is 10.1. The van der Waals surface area contributed by atoms with Crippen LogP contribution >= 0.6 is 0 Å². The molecule has 0 saturated heterocycles. The third-order valence-electron chi connectivity index (χ3n) is 3.69. The molecule has 0 heterocycles. The van der Waals surface area contributed by atoms with Crippen LogP contribution in [0.4, 0.5) is 0 Å². The first-order valence-electron chi connectivity index (χ1n) is 8.27. The zero-order valence-electron chi connectivity index (χ0n) is 15.3. The molecule has 1 N–H and O–H groups in total. The van der Waals surface area contributed by atoms with Crippen molar-refractivity contribution in [2.24, 2.45) is 0 Å². The Morgan fingerprint density at radius 2 is 1.14 bits per heavy atom. The molecule has 0 aliphatic heterocycles. The summed E-state index contributed by atoms with van der Waals surface area (Å²) in [7, 11) is 2.73. The first kappa shape index (κ1) is 20.6. The molecule has 2 aromatic rings. The number of carbonyl (C=O) groups is 4. The molecule has 1 amide bonds. The van der Waals surface area contributed by atoms with Gasteiger partial charge in [-0.1, -0.05) is 36.4 Å². The van der Waals surface area contributed by atoms with Crippen LogP contribution in [0, 0.1) is 0 Å². The lowest BCUT2D eigenvalue weighted by atomic mass is 10.1. The van der Waals surface area contributed by atoms with Crippen LogP contribution in [0.2, 0.25) is 0 Å². The summed E-state index contributed by atoms with van der Waals surface area (Å²) in [6, 6.07) is 15.4. The molecule has 0 bridgehead atoms. The van der Waals surface area contributed by atoms with Crippen molar-refractivity contribution in [3.05, 3.63) is 71.8 Å². The Bertz CT molecular complexity index is 849. The quantitative estimate of drug-likeness (QED) is 0.721. The molecule has 28 heavy (non-hydrogen) atoms. The molecule has 0 aromatic heterocycles. The van der Waals surface area contributed by atoms with Gasteiger partial charge >= 0.3 is 17.9 Å². The minimum absolute atomic E-state index is 0.0965. The largest absolute Gasteiger partial charge is 0.478 e. The van der Waals surface area contributed by atoms with Gasteiger partial charge in [0.2, 0.25) is 12.2 Å². The van der Waals surface area contributed by atoms with Gasteiger partial charge in [0, 0.05) is 14.1 Å². The van der Waals surface area contributed by atoms with E-state index >= 15 is 0 Å². The Morgan fingerprint density at radius 1 is 0.750 bits per heavy atom. The molecule has 8 heteroatoms. The van der Waals surface area contributed by atoms with Crippen molar-refractivity contribution in [1.29, 1.82) is 0 Å². The lowest BCUT2D eigenvalue weighted by molar-refractivity contribution is -0.162. The molecule has 146 valence electrons. The van der Waals surface area contributed by atoms with E-state index in [9.17, 15) is 24.3 Å². The fourth-order valence-electron chi connectivity index (χ4n) is 2.25. The number of hydrogen-bond acceptors (Lipinski definition) is 6. The molecule has 2 atom stereocenters. The van der Waals surface area contributed by atoms with Crippen LogP contribution < -0.4 is 0 Å². The van der Waals surface area contributed by atoms with Gasteiger partial charge in [0.05, 0.1) is 11.1 Å². The number of carboxylic acids is 1. The van der Waals surface area contributed by atoms with Gasteiger partial charge in [-0.05, 0) is 24.3 Å². The second kappa shape index (κ2) is 9.31. The number of rotatable bonds is 7. The van der Waals surface area contributed by atoms with Crippen LogP contribution in [-0.2, 0) is 19.1 Å². The van der Waals surface area contributed by atoms with Crippen LogP contribution in [-0.4, -0.2) is 60.1 Å². The van der Waals surface area contributed by atoms with Crippen LogP contribution in [0.15, 0.2) is 60.7 Å². The summed E-state index contributed by atoms with van der Waals surface area (Å²) in [6.07, 6.45) is -3.87. The van der Waals surface area contributed by atoms with E-state index in [1.54, 1.807) is 36.4 Å². The Hall–Kier alpha value is -3.68. The van der Waals surface area contributed by atoms with Gasteiger partial charge in [-0.3, -0.25) is 4.79 Å². The molecule has 0 saturated carbocycles. The predicted molar refractivity (Wildman–Crippen MR) is 97.6 cm³/mol. The van der Waals surface area contributed by atoms with Gasteiger partial charge in [0.15, 0.2) is 0 Å². The van der Waals surface area contributed by atoms with E-state index in [1.807, 2.05) is 0 Å². The average molecular weight is 385 g/mol. The Labute approximate surface area is 161 Å². The number of hydrogen-bond donors (Lipinski definition) is 1. The van der Waals surface area contributed by atoms with Crippen molar-refractivity contribution in [2.75, 3.05) is 14.1 Å². The van der Waals surface area contributed by atoms with E-state index in [-0.39, 0.29) is 11.1 Å². The second-order valence-electron chi connectivity index (χ2n) is 5.95. The van der Waals surface area contributed by atoms with Crippen LogP contribution in [0.1, 0.15) is 20.7 Å². The lowest BCUT2D eigenvalue weighted by Gasteiger charge is -2.25. The van der Waals surface area contributed by atoms with Gasteiger partial charge in [0.25, 0.3) is 5.91 Å². The standard InChI is InChI=1S/C20H19NO7/c1-21(2)17(22)15(27-19(25)13-9-5-3-6-10-13)16(18(23)24)28-20(26)14-11-7-4-8-12-14/h3-12,15-16H,1-2H3,(H,23,24)/t15-,16-/m0/s1. The number of aliphatic carboxylic acids is 1. The van der Waals surface area contributed by atoms with Crippen molar-refractivity contribution in [2.45, 2.75) is 12.2 Å². The van der Waals surface area contributed by atoms with Crippen molar-refractivity contribution < 1.29 is 33.8 Å². The fraction of sp³-hybridized carbons (Fsp3) is 0.200. The van der Waals surface area contributed by atoms with Crippen molar-refractivity contribution in [3.8, 4) is 0 Å². The summed E-state index contributed by atoms with van der Waals surface area (Å²) in [5.41, 5.74) is 0.219. The Balaban J connectivity index is 2.29. The predicted octanol–water partition coefficient (Wildman–Crippen LogP) is 1.61. The number of ether oxygens (including phenoxy) is 2. The minimum atomic E-state index is -2.02. The molecule has 0 unspecified atom stereocenters. The van der Waals surface area contributed by atoms with Gasteiger partial charge in [-0.2, -0.15) is 0 Å². The van der Waals surface area contributed by atoms with Crippen molar-refractivity contribution in [3.63, 3.8) is 0 Å². The van der Waals surface area contributed by atoms with Gasteiger partial charge in [0.1, 0.15) is 0 Å². The Kier molecular flexibility index (Phi) is 6.86. The highest BCUT2D eigenvalue weighted by Crippen LogP contribution is 2.14. The monoisotopic (exact) mass is 385 g/mol. The van der Waals surface area contributed by atoms with E-state index in [0.717, 1.165) is 4.90 Å². The molecule has 0 aliphatic carbocycles. The van der Waals surface area contributed by atoms with Crippen LogP contribution in [0.25, 0.3) is 0 Å². The van der Waals surface area contributed by atoms with Crippen LogP contribution in [0.3, 0.4) is 0 Å². The maximum Gasteiger partial charge on any atom is 0.349 e. The first-order valence-corrected chi connectivity index (χ1v) is 8.27. The number of esters is 2. The van der Waals surface area contributed by atoms with E-state index in [1.165, 1.54) is 38.4 Å². The normalized spacial score (nSPS) is 12.4. The number of nitrogens with zero attached hydrogens (tertiary/aromatic N) is 1. The molecular weight excluding hydrogens is 366 g/mol. The molecule has 0 radical (unpaired) electrons. The summed E-state index contributed by atoms with van der Waals surface area (Å²) in [5.74, 6) is -4.33. The molecule has 0 spiro atoms. The highest BCUT2D eigenvalue weighted by Gasteiger charge is 2.41. The third-order valence-corrected chi connectivity index (χ3v) is 3.69. The SMILES string of the molecule is CN(C)C(=O)[C@@H](OC(=O)c1ccccc1)[C@H](OC(=O)c1ccccc1)C(=O)O. The van der Waals surface area contributed by atoms with Gasteiger partial charge < -0.3 is 19.5 Å². The van der Waals surface area contributed by atoms with Gasteiger partial charge in [-0.15, -0.1) is 0 Å². The molecule has 8 nitrogen and oxygen atoms in total. The third kappa shape index (κ3) is 5.16. The number of benzene rings is 2. The Morgan fingerprint density at radius 3 is 1.50 bits per heavy atom. The smallest absolute Gasteiger partial charge is 0.349 e. The summed E-state index contributed by atoms with van der Waals surface area (Å²) in [4.78, 5) is 49.8. The number of amides is 1. The van der Waals surface area contributed by atoms with E-state index in [2.05, 4.69) is 0 Å². The zero-order chi connectivity index (χ0) is 20.7. The molecule has 2 aromatic carbocycles. The fourth-order valence-corrected chi connectivity index (χ4v) is 2.25. The average Bonchev–Trinajstić information content (AvgIpc) is 2.70. The van der Waals surface area contributed by atoms with Crippen molar-refractivity contribution in [1.82, 2.24) is 4.90 Å². The highest BCUT2D eigenvalue weighted by atomic mass is 16.6. The summed E-state index contributed by atoms with van der Waals surface area (Å²) in [5, 5.41) is 9.51. The van der Waals surface area contributed by atoms with Gasteiger partial charge in [-0.25, -0.2) is 14.4 Å². The highest BCUT2D eigenvalue weighted by molar-refractivity contribution is 5.96. The lowest BCUT2D eigenvalue weighted by Crippen LogP contribution is -2.49. The van der Waals surface area contributed by atoms with E-state index in [0.29, 0.717) is 0 Å². The van der Waals surface area contributed by atoms with E-state index in [4.69, 9.17) is 9.47 Å². The number of likely N-dealkylation sites (N-methyl/N-ethyl adjacent to an activating group) is 1. The minimum Gasteiger partial charge on any atom is -0.478 e. The molecule has 2 rings (SSSR count). The zero-order valence-corrected chi connectivity index (χ0v) is 15.3. The van der Waals surface area contributed by atoms with Crippen LogP contribution in [0.5, 0.6) is 0 Å². The molecule has 0 fully saturated rings. The molecular formula is C20H19NO7. The van der Waals surface area contributed by atoms with Crippen molar-refractivity contribution >= 4 is 23.8 Å². The summed E-state index contributed by atoms with van der Waals surface area (Å²) >= 11 is 0. The maximum atomic E-state index is 12.5. The second-order valence-corrected chi connectivity index (χ2v) is 5.95. The maximum absolute atomic E-state index is 12.5. The summed E-state index contributed by atoms with van der Waals surface area (Å²) in [6.45, 7) is 0. The van der Waals surface area contributed by atoms with E-state index < -0.39 is 36.0 Å². The topological polar surface area (TPSA) is 110 Å². The number of carboxylic acid groups (broad SMARTS) is 1. The first-order chi connectivity index (χ1) is 13.3. The number of carbonyl (C=O) groups excluding carboxylic acids is 3. The molecule has 0 aliphatic rings.